The number of benzene rings is 1. The lowest BCUT2D eigenvalue weighted by Crippen LogP contribution is -1.97. The van der Waals surface area contributed by atoms with Crippen molar-refractivity contribution in [1.82, 2.24) is 10.1 Å². The Morgan fingerprint density at radius 2 is 1.95 bits per heavy atom. The van der Waals surface area contributed by atoms with Crippen molar-refractivity contribution in [3.8, 4) is 17.1 Å². The van der Waals surface area contributed by atoms with Gasteiger partial charge in [0.15, 0.2) is 0 Å². The molecule has 4 unspecified atom stereocenters. The molecular weight excluding hydrogens is 252 g/mol. The minimum absolute atomic E-state index is 0.232. The van der Waals surface area contributed by atoms with Crippen LogP contribution in [-0.4, -0.2) is 15.2 Å². The van der Waals surface area contributed by atoms with Gasteiger partial charge < -0.3 is 9.63 Å². The van der Waals surface area contributed by atoms with E-state index in [1.807, 2.05) is 6.07 Å². The van der Waals surface area contributed by atoms with E-state index in [0.717, 1.165) is 35.1 Å². The number of aromatic hydroxyl groups is 1. The summed E-state index contributed by atoms with van der Waals surface area (Å²) in [5.41, 5.74) is 0.814. The molecule has 1 aromatic heterocycles. The van der Waals surface area contributed by atoms with Gasteiger partial charge in [0.1, 0.15) is 5.75 Å². The topological polar surface area (TPSA) is 59.2 Å². The van der Waals surface area contributed by atoms with Crippen molar-refractivity contribution in [2.24, 2.45) is 23.7 Å². The third-order valence-electron chi connectivity index (χ3n) is 5.57. The summed E-state index contributed by atoms with van der Waals surface area (Å²) in [6, 6.07) is 7.01. The highest BCUT2D eigenvalue weighted by Gasteiger charge is 2.67. The Morgan fingerprint density at radius 3 is 2.70 bits per heavy atom. The van der Waals surface area contributed by atoms with Gasteiger partial charge in [0.05, 0.1) is 0 Å². The maximum absolute atomic E-state index is 9.53. The molecule has 102 valence electrons. The second-order valence-corrected chi connectivity index (χ2v) is 6.52. The van der Waals surface area contributed by atoms with Crippen LogP contribution in [0.5, 0.6) is 5.75 Å². The highest BCUT2D eigenvalue weighted by molar-refractivity contribution is 5.56. The molecule has 0 amide bonds. The molecule has 3 aliphatic carbocycles. The van der Waals surface area contributed by atoms with Gasteiger partial charge in [-0.3, -0.25) is 0 Å². The molecule has 0 radical (unpaired) electrons. The molecule has 3 fully saturated rings. The van der Waals surface area contributed by atoms with Crippen LogP contribution < -0.4 is 0 Å². The number of hydrogen-bond donors (Lipinski definition) is 1. The molecule has 0 aliphatic heterocycles. The zero-order chi connectivity index (χ0) is 13.3. The highest BCUT2D eigenvalue weighted by Crippen LogP contribution is 2.72. The van der Waals surface area contributed by atoms with Gasteiger partial charge in [-0.05, 0) is 55.1 Å². The maximum Gasteiger partial charge on any atom is 0.230 e. The van der Waals surface area contributed by atoms with Gasteiger partial charge in [-0.1, -0.05) is 17.3 Å². The van der Waals surface area contributed by atoms with Crippen molar-refractivity contribution >= 4 is 0 Å². The molecule has 0 spiro atoms. The largest absolute Gasteiger partial charge is 0.508 e. The molecular formula is C16H16N2O2. The monoisotopic (exact) mass is 268 g/mol. The second-order valence-electron chi connectivity index (χ2n) is 6.52. The summed E-state index contributed by atoms with van der Waals surface area (Å²) in [5.74, 6) is 5.59. The number of phenolic OH excluding ortho intramolecular Hbond substituents is 1. The van der Waals surface area contributed by atoms with Crippen molar-refractivity contribution in [1.29, 1.82) is 0 Å². The Bertz CT molecular complexity index is 665. The van der Waals surface area contributed by atoms with E-state index in [0.29, 0.717) is 11.7 Å². The fourth-order valence-electron chi connectivity index (χ4n) is 4.79. The molecule has 0 saturated heterocycles. The Hall–Kier alpha value is -1.84. The number of fused-ring (bicyclic) bond motifs is 5. The third-order valence-corrected chi connectivity index (χ3v) is 5.57. The van der Waals surface area contributed by atoms with Gasteiger partial charge in [0.2, 0.25) is 11.7 Å². The predicted octanol–water partition coefficient (Wildman–Crippen LogP) is 3.20. The molecule has 20 heavy (non-hydrogen) atoms. The van der Waals surface area contributed by atoms with Gasteiger partial charge in [0, 0.05) is 11.5 Å². The summed E-state index contributed by atoms with van der Waals surface area (Å²) >= 11 is 0. The Labute approximate surface area is 116 Å². The van der Waals surface area contributed by atoms with Gasteiger partial charge in [-0.25, -0.2) is 0 Å². The van der Waals surface area contributed by atoms with Crippen LogP contribution in [0.15, 0.2) is 28.8 Å². The smallest absolute Gasteiger partial charge is 0.230 e. The van der Waals surface area contributed by atoms with E-state index < -0.39 is 0 Å². The number of rotatable bonds is 2. The van der Waals surface area contributed by atoms with Crippen LogP contribution in [0.2, 0.25) is 0 Å². The lowest BCUT2D eigenvalue weighted by molar-refractivity contribution is 0.356. The average molecular weight is 268 g/mol. The zero-order valence-corrected chi connectivity index (χ0v) is 11.1. The molecule has 2 bridgehead atoms. The van der Waals surface area contributed by atoms with Crippen LogP contribution in [0.1, 0.15) is 31.1 Å². The average Bonchev–Trinajstić information content (AvgIpc) is 2.88. The SMILES string of the molecule is Oc1cccc(-c2noc(C3C4C5CCC(C5)C34)n2)c1. The summed E-state index contributed by atoms with van der Waals surface area (Å²) in [4.78, 5) is 4.57. The van der Waals surface area contributed by atoms with Gasteiger partial charge in [0.25, 0.3) is 0 Å². The third kappa shape index (κ3) is 1.37. The molecule has 4 atom stereocenters. The Kier molecular flexibility index (Phi) is 1.97. The summed E-state index contributed by atoms with van der Waals surface area (Å²) in [6.07, 6.45) is 4.23. The lowest BCUT2D eigenvalue weighted by Gasteiger charge is -2.04. The van der Waals surface area contributed by atoms with Gasteiger partial charge in [-0.15, -0.1) is 0 Å². The van der Waals surface area contributed by atoms with Crippen molar-refractivity contribution in [3.05, 3.63) is 30.2 Å². The summed E-state index contributed by atoms with van der Waals surface area (Å²) in [6.45, 7) is 0. The maximum atomic E-state index is 9.53. The van der Waals surface area contributed by atoms with Crippen LogP contribution in [0.4, 0.5) is 0 Å². The molecule has 3 aliphatic rings. The van der Waals surface area contributed by atoms with Crippen molar-refractivity contribution in [2.75, 3.05) is 0 Å². The fourth-order valence-corrected chi connectivity index (χ4v) is 4.79. The van der Waals surface area contributed by atoms with Crippen LogP contribution in [-0.2, 0) is 0 Å². The zero-order valence-electron chi connectivity index (χ0n) is 11.1. The van der Waals surface area contributed by atoms with Crippen LogP contribution in [0.3, 0.4) is 0 Å². The first kappa shape index (κ1) is 10.9. The van der Waals surface area contributed by atoms with Crippen LogP contribution in [0, 0.1) is 23.7 Å². The van der Waals surface area contributed by atoms with E-state index in [-0.39, 0.29) is 5.75 Å². The Balaban J connectivity index is 1.45. The van der Waals surface area contributed by atoms with E-state index in [9.17, 15) is 5.11 Å². The van der Waals surface area contributed by atoms with E-state index in [1.165, 1.54) is 19.3 Å². The first-order valence-electron chi connectivity index (χ1n) is 7.44. The predicted molar refractivity (Wildman–Crippen MR) is 72.0 cm³/mol. The molecule has 1 heterocycles. The number of aromatic nitrogens is 2. The number of nitrogens with zero attached hydrogens (tertiary/aromatic N) is 2. The first-order valence-corrected chi connectivity index (χ1v) is 7.44. The minimum atomic E-state index is 0.232. The minimum Gasteiger partial charge on any atom is -0.508 e. The molecule has 5 rings (SSSR count). The standard InChI is InChI=1S/C16H16N2O2/c19-11-3-1-2-10(7-11)15-17-16(20-18-15)14-12-8-4-5-9(6-8)13(12)14/h1-3,7-9,12-14,19H,4-6H2. The number of phenols is 1. The van der Waals surface area contributed by atoms with Crippen molar-refractivity contribution in [2.45, 2.75) is 25.2 Å². The molecule has 1 aromatic carbocycles. The van der Waals surface area contributed by atoms with E-state index in [2.05, 4.69) is 10.1 Å². The lowest BCUT2D eigenvalue weighted by atomic mass is 10.0. The summed E-state index contributed by atoms with van der Waals surface area (Å²) in [5, 5.41) is 13.6. The van der Waals surface area contributed by atoms with E-state index in [1.54, 1.807) is 18.2 Å². The Morgan fingerprint density at radius 1 is 1.15 bits per heavy atom. The molecule has 4 nitrogen and oxygen atoms in total. The van der Waals surface area contributed by atoms with E-state index in [4.69, 9.17) is 4.52 Å². The quantitative estimate of drug-likeness (QED) is 0.908. The highest BCUT2D eigenvalue weighted by atomic mass is 16.5. The molecule has 1 N–H and O–H groups in total. The van der Waals surface area contributed by atoms with Crippen LogP contribution >= 0.6 is 0 Å². The first-order chi connectivity index (χ1) is 9.81. The van der Waals surface area contributed by atoms with Crippen molar-refractivity contribution < 1.29 is 9.63 Å². The van der Waals surface area contributed by atoms with Crippen molar-refractivity contribution in [3.63, 3.8) is 0 Å². The fraction of sp³-hybridized carbons (Fsp3) is 0.500. The van der Waals surface area contributed by atoms with Crippen LogP contribution in [0.25, 0.3) is 11.4 Å². The van der Waals surface area contributed by atoms with Gasteiger partial charge >= 0.3 is 0 Å². The van der Waals surface area contributed by atoms with E-state index >= 15 is 0 Å². The molecule has 2 aromatic rings. The second kappa shape index (κ2) is 3.62. The summed E-state index contributed by atoms with van der Waals surface area (Å²) in [7, 11) is 0. The summed E-state index contributed by atoms with van der Waals surface area (Å²) < 4.78 is 5.50. The van der Waals surface area contributed by atoms with Gasteiger partial charge in [-0.2, -0.15) is 4.98 Å². The number of hydrogen-bond acceptors (Lipinski definition) is 4. The molecule has 4 heteroatoms. The normalized spacial score (nSPS) is 37.1. The molecule has 3 saturated carbocycles.